The Labute approximate surface area is 191 Å². The van der Waals surface area contributed by atoms with Gasteiger partial charge in [-0.3, -0.25) is 0 Å². The average molecular weight is 436 g/mol. The zero-order chi connectivity index (χ0) is 21.8. The fourth-order valence-corrected chi connectivity index (χ4v) is 4.53. The van der Waals surface area contributed by atoms with E-state index in [1.165, 1.54) is 45.0 Å². The third-order valence-electron chi connectivity index (χ3n) is 5.44. The van der Waals surface area contributed by atoms with E-state index in [1.807, 2.05) is 0 Å². The van der Waals surface area contributed by atoms with Crippen LogP contribution in [0.2, 0.25) is 0 Å². The Morgan fingerprint density at radius 2 is 1.12 bits per heavy atom. The minimum atomic E-state index is 0.510. The van der Waals surface area contributed by atoms with Crippen molar-refractivity contribution in [2.24, 2.45) is 0 Å². The number of rotatable bonds is 6. The Bertz CT molecular complexity index is 1260. The lowest BCUT2D eigenvalue weighted by atomic mass is 9.99. The number of aromatic nitrogens is 3. The first-order valence-corrected chi connectivity index (χ1v) is 11.4. The second-order valence-electron chi connectivity index (χ2n) is 7.55. The van der Waals surface area contributed by atoms with Gasteiger partial charge in [0.05, 0.1) is 6.42 Å². The maximum absolute atomic E-state index is 5.81. The largest absolute Gasteiger partial charge is 0.374 e. The highest BCUT2D eigenvalue weighted by Crippen LogP contribution is 2.29. The summed E-state index contributed by atoms with van der Waals surface area (Å²) in [5.74, 6) is 0. The molecular weight excluding hydrogens is 412 g/mol. The van der Waals surface area contributed by atoms with Crippen LogP contribution >= 0.6 is 11.3 Å². The van der Waals surface area contributed by atoms with Crippen molar-refractivity contribution in [1.29, 1.82) is 0 Å². The van der Waals surface area contributed by atoms with Crippen molar-refractivity contribution in [3.05, 3.63) is 108 Å². The highest BCUT2D eigenvalue weighted by atomic mass is 32.1. The quantitative estimate of drug-likeness (QED) is 0.351. The second kappa shape index (κ2) is 9.12. The molecule has 0 saturated carbocycles. The minimum Gasteiger partial charge on any atom is -0.374 e. The highest BCUT2D eigenvalue weighted by Gasteiger charge is 2.23. The molecule has 5 heteroatoms. The lowest BCUT2D eigenvalue weighted by Crippen LogP contribution is -2.40. The van der Waals surface area contributed by atoms with Gasteiger partial charge in [0.15, 0.2) is 6.54 Å². The molecule has 156 valence electrons. The predicted octanol–water partition coefficient (Wildman–Crippen LogP) is 5.65. The van der Waals surface area contributed by atoms with E-state index >= 15 is 0 Å². The van der Waals surface area contributed by atoms with Gasteiger partial charge in [0.2, 0.25) is 16.5 Å². The number of anilines is 1. The summed E-state index contributed by atoms with van der Waals surface area (Å²) >= 11 is 1.45. The zero-order valence-electron chi connectivity index (χ0n) is 17.6. The molecule has 0 atom stereocenters. The lowest BCUT2D eigenvalue weighted by Gasteiger charge is -2.12. The summed E-state index contributed by atoms with van der Waals surface area (Å²) in [4.78, 5) is 0. The number of benzene rings is 3. The van der Waals surface area contributed by atoms with Crippen LogP contribution in [0.15, 0.2) is 103 Å². The van der Waals surface area contributed by atoms with Crippen molar-refractivity contribution in [1.82, 2.24) is 10.2 Å². The van der Waals surface area contributed by atoms with Crippen LogP contribution in [0.1, 0.15) is 5.01 Å². The molecular formula is C27H23N4S+. The smallest absolute Gasteiger partial charge is 0.213 e. The molecule has 5 rings (SSSR count). The molecule has 3 aromatic carbocycles. The number of hydrogen-bond donors (Lipinski definition) is 1. The van der Waals surface area contributed by atoms with E-state index in [0.29, 0.717) is 5.13 Å². The SMILES string of the molecule is Nc1nnc(CC[n+]2c(-c3ccccc3)cc(-c3ccccc3)cc2-c2ccccc2)s1. The molecule has 0 aliphatic carbocycles. The van der Waals surface area contributed by atoms with Gasteiger partial charge in [0, 0.05) is 23.3 Å². The van der Waals surface area contributed by atoms with Gasteiger partial charge in [0.25, 0.3) is 0 Å². The number of hydrogen-bond acceptors (Lipinski definition) is 4. The van der Waals surface area contributed by atoms with E-state index < -0.39 is 0 Å². The molecule has 0 bridgehead atoms. The molecule has 0 fully saturated rings. The van der Waals surface area contributed by atoms with Gasteiger partial charge in [0.1, 0.15) is 5.01 Å². The van der Waals surface area contributed by atoms with E-state index in [0.717, 1.165) is 18.0 Å². The van der Waals surface area contributed by atoms with E-state index in [1.54, 1.807) is 0 Å². The predicted molar refractivity (Wildman–Crippen MR) is 131 cm³/mol. The molecule has 2 heterocycles. The molecule has 4 nitrogen and oxygen atoms in total. The van der Waals surface area contributed by atoms with Crippen LogP contribution in [0, 0.1) is 0 Å². The Kier molecular flexibility index (Phi) is 5.73. The third kappa shape index (κ3) is 4.29. The molecule has 0 saturated heterocycles. The van der Waals surface area contributed by atoms with Crippen LogP contribution in [0.5, 0.6) is 0 Å². The summed E-state index contributed by atoms with van der Waals surface area (Å²) in [6.07, 6.45) is 0.768. The first-order chi connectivity index (χ1) is 15.8. The molecule has 0 aliphatic rings. The van der Waals surface area contributed by atoms with E-state index in [-0.39, 0.29) is 0 Å². The van der Waals surface area contributed by atoms with Gasteiger partial charge < -0.3 is 5.73 Å². The van der Waals surface area contributed by atoms with Gasteiger partial charge in [-0.25, -0.2) is 0 Å². The molecule has 32 heavy (non-hydrogen) atoms. The molecule has 2 aromatic heterocycles. The van der Waals surface area contributed by atoms with Gasteiger partial charge in [-0.05, 0) is 35.4 Å². The van der Waals surface area contributed by atoms with E-state index in [4.69, 9.17) is 5.73 Å². The maximum Gasteiger partial charge on any atom is 0.213 e. The third-order valence-corrected chi connectivity index (χ3v) is 6.26. The number of pyridine rings is 1. The zero-order valence-corrected chi connectivity index (χ0v) is 18.4. The molecule has 0 unspecified atom stereocenters. The summed E-state index contributed by atoms with van der Waals surface area (Å²) < 4.78 is 2.38. The molecule has 0 spiro atoms. The van der Waals surface area contributed by atoms with Crippen LogP contribution in [-0.2, 0) is 13.0 Å². The summed E-state index contributed by atoms with van der Waals surface area (Å²) in [7, 11) is 0. The Morgan fingerprint density at radius 1 is 0.625 bits per heavy atom. The van der Waals surface area contributed by atoms with Gasteiger partial charge >= 0.3 is 0 Å². The van der Waals surface area contributed by atoms with Crippen molar-refractivity contribution in [2.45, 2.75) is 13.0 Å². The Hall–Kier alpha value is -3.83. The number of aryl methyl sites for hydroxylation is 1. The van der Waals surface area contributed by atoms with Crippen LogP contribution in [0.25, 0.3) is 33.6 Å². The average Bonchev–Trinajstić information content (AvgIpc) is 3.29. The van der Waals surface area contributed by atoms with Gasteiger partial charge in [-0.15, -0.1) is 10.2 Å². The van der Waals surface area contributed by atoms with Gasteiger partial charge in [-0.1, -0.05) is 78.1 Å². The fourth-order valence-electron chi connectivity index (χ4n) is 3.93. The minimum absolute atomic E-state index is 0.510. The van der Waals surface area contributed by atoms with Crippen molar-refractivity contribution < 1.29 is 4.57 Å². The Morgan fingerprint density at radius 3 is 1.59 bits per heavy atom. The highest BCUT2D eigenvalue weighted by molar-refractivity contribution is 7.15. The van der Waals surface area contributed by atoms with Crippen LogP contribution in [0.3, 0.4) is 0 Å². The maximum atomic E-state index is 5.81. The number of nitrogen functional groups attached to an aromatic ring is 1. The summed E-state index contributed by atoms with van der Waals surface area (Å²) in [6.45, 7) is 0.776. The van der Waals surface area contributed by atoms with Crippen molar-refractivity contribution in [3.63, 3.8) is 0 Å². The molecule has 5 aromatic rings. The normalized spacial score (nSPS) is 10.9. The van der Waals surface area contributed by atoms with Crippen molar-refractivity contribution in [3.8, 4) is 33.6 Å². The van der Waals surface area contributed by atoms with E-state index in [2.05, 4.69) is 118 Å². The topological polar surface area (TPSA) is 55.7 Å². The molecule has 0 radical (unpaired) electrons. The van der Waals surface area contributed by atoms with Crippen LogP contribution in [0.4, 0.5) is 5.13 Å². The second-order valence-corrected chi connectivity index (χ2v) is 8.64. The lowest BCUT2D eigenvalue weighted by molar-refractivity contribution is -0.674. The fraction of sp³-hybridized carbons (Fsp3) is 0.0741. The standard InChI is InChI=1S/C27H23N4S/c28-27-30-29-26(32-27)16-17-31-24(21-12-6-2-7-13-21)18-23(20-10-4-1-5-11-20)19-25(31)22-14-8-3-9-15-22/h1-15,18-19H,16-17H2,(H2,28,30)/q+1. The number of nitrogens with zero attached hydrogens (tertiary/aromatic N) is 3. The first-order valence-electron chi connectivity index (χ1n) is 10.6. The monoisotopic (exact) mass is 435 g/mol. The first kappa shape index (κ1) is 20.1. The van der Waals surface area contributed by atoms with Crippen molar-refractivity contribution >= 4 is 16.5 Å². The van der Waals surface area contributed by atoms with Crippen molar-refractivity contribution in [2.75, 3.05) is 5.73 Å². The van der Waals surface area contributed by atoms with Crippen LogP contribution < -0.4 is 10.3 Å². The molecule has 0 amide bonds. The number of nitrogens with two attached hydrogens (primary N) is 1. The van der Waals surface area contributed by atoms with Crippen LogP contribution in [-0.4, -0.2) is 10.2 Å². The summed E-state index contributed by atoms with van der Waals surface area (Å²) in [5.41, 5.74) is 12.9. The summed E-state index contributed by atoms with van der Waals surface area (Å²) in [6, 6.07) is 36.2. The summed E-state index contributed by atoms with van der Waals surface area (Å²) in [5, 5.41) is 9.67. The molecule has 0 aliphatic heterocycles. The Balaban J connectivity index is 1.71. The van der Waals surface area contributed by atoms with Gasteiger partial charge in [-0.2, -0.15) is 4.57 Å². The van der Waals surface area contributed by atoms with E-state index in [9.17, 15) is 0 Å². The molecule has 2 N–H and O–H groups in total.